The van der Waals surface area contributed by atoms with Crippen LogP contribution in [0.3, 0.4) is 0 Å². The number of rotatable bonds is 4. The molecule has 65 valence electrons. The van der Waals surface area contributed by atoms with Crippen LogP contribution >= 0.6 is 0 Å². The quantitative estimate of drug-likeness (QED) is 0.644. The van der Waals surface area contributed by atoms with Gasteiger partial charge >= 0.3 is 0 Å². The molecule has 0 heterocycles. The molecule has 0 rings (SSSR count). The smallest absolute Gasteiger partial charge is 0 e. The van der Waals surface area contributed by atoms with E-state index in [9.17, 15) is 0 Å². The van der Waals surface area contributed by atoms with E-state index in [1.807, 2.05) is 0 Å². The molecule has 0 aromatic heterocycles. The van der Waals surface area contributed by atoms with Gasteiger partial charge in [-0.2, -0.15) is 19.3 Å². The third kappa shape index (κ3) is 6.28. The van der Waals surface area contributed by atoms with Gasteiger partial charge in [0.25, 0.3) is 0 Å². The predicted octanol–water partition coefficient (Wildman–Crippen LogP) is 3.81. The van der Waals surface area contributed by atoms with E-state index in [-0.39, 0.29) is 32.7 Å². The fourth-order valence-electron chi connectivity index (χ4n) is 0.869. The van der Waals surface area contributed by atoms with E-state index in [2.05, 4.69) is 34.6 Å². The topological polar surface area (TPSA) is 0 Å². The first-order valence-electron chi connectivity index (χ1n) is 4.31. The van der Waals surface area contributed by atoms with Crippen LogP contribution in [0, 0.1) is 11.3 Å². The summed E-state index contributed by atoms with van der Waals surface area (Å²) in [5, 5.41) is 0. The summed E-state index contributed by atoms with van der Waals surface area (Å²) in [6, 6.07) is 0. The Balaban J connectivity index is 0. The van der Waals surface area contributed by atoms with Crippen LogP contribution in [0.2, 0.25) is 0 Å². The Labute approximate surface area is 97.4 Å². The first kappa shape index (κ1) is 14.6. The van der Waals surface area contributed by atoms with Gasteiger partial charge in [0.2, 0.25) is 0 Å². The van der Waals surface area contributed by atoms with Crippen molar-refractivity contribution in [2.24, 2.45) is 5.41 Å². The molecule has 0 aliphatic rings. The van der Waals surface area contributed by atoms with E-state index in [1.165, 1.54) is 19.3 Å². The van der Waals surface area contributed by atoms with Crippen LogP contribution in [0.25, 0.3) is 0 Å². The molecular formula is C10H21Y-. The molecule has 0 aliphatic heterocycles. The molecule has 0 saturated carbocycles. The Hall–Kier alpha value is 1.10. The molecule has 1 radical (unpaired) electrons. The minimum Gasteiger partial charge on any atom is -0.314 e. The van der Waals surface area contributed by atoms with Gasteiger partial charge in [-0.05, 0) is 0 Å². The molecule has 0 unspecified atom stereocenters. The zero-order chi connectivity index (χ0) is 8.20. The summed E-state index contributed by atoms with van der Waals surface area (Å²) in [6.07, 6.45) is 4.01. The average molecular weight is 230 g/mol. The van der Waals surface area contributed by atoms with E-state index in [4.69, 9.17) is 0 Å². The van der Waals surface area contributed by atoms with Gasteiger partial charge in [-0.3, -0.25) is 0 Å². The van der Waals surface area contributed by atoms with Crippen molar-refractivity contribution in [1.82, 2.24) is 0 Å². The average Bonchev–Trinajstić information content (AvgIpc) is 1.84. The second-order valence-electron chi connectivity index (χ2n) is 3.99. The maximum absolute atomic E-state index is 2.33. The molecule has 0 saturated heterocycles. The van der Waals surface area contributed by atoms with Gasteiger partial charge in [0.15, 0.2) is 0 Å². The van der Waals surface area contributed by atoms with Crippen LogP contribution in [0.5, 0.6) is 0 Å². The van der Waals surface area contributed by atoms with Crippen molar-refractivity contribution in [2.75, 3.05) is 0 Å². The number of hydrogen-bond acceptors (Lipinski definition) is 0. The molecule has 0 aromatic carbocycles. The normalized spacial score (nSPS) is 11.5. The Morgan fingerprint density at radius 3 is 1.91 bits per heavy atom. The van der Waals surface area contributed by atoms with Crippen molar-refractivity contribution < 1.29 is 32.7 Å². The van der Waals surface area contributed by atoms with Gasteiger partial charge in [0, 0.05) is 32.7 Å². The van der Waals surface area contributed by atoms with E-state index >= 15 is 0 Å². The Morgan fingerprint density at radius 2 is 1.64 bits per heavy atom. The third-order valence-electron chi connectivity index (χ3n) is 2.51. The van der Waals surface area contributed by atoms with Crippen LogP contribution in [-0.4, -0.2) is 0 Å². The Kier molecular flexibility index (Phi) is 8.77. The van der Waals surface area contributed by atoms with E-state index in [0.29, 0.717) is 5.41 Å². The first-order valence-corrected chi connectivity index (χ1v) is 4.31. The first-order chi connectivity index (χ1) is 4.50. The van der Waals surface area contributed by atoms with Crippen molar-refractivity contribution in [3.05, 3.63) is 5.92 Å². The minimum absolute atomic E-state index is 0. The van der Waals surface area contributed by atoms with Crippen molar-refractivity contribution >= 4 is 0 Å². The summed E-state index contributed by atoms with van der Waals surface area (Å²) in [6.45, 7) is 11.4. The summed E-state index contributed by atoms with van der Waals surface area (Å²) < 4.78 is 0. The fraction of sp³-hybridized carbons (Fsp3) is 0.900. The van der Waals surface area contributed by atoms with Gasteiger partial charge in [-0.1, -0.05) is 40.0 Å². The second kappa shape index (κ2) is 6.60. The summed E-state index contributed by atoms with van der Waals surface area (Å²) >= 11 is 0. The van der Waals surface area contributed by atoms with Crippen molar-refractivity contribution in [3.63, 3.8) is 0 Å². The van der Waals surface area contributed by atoms with Crippen molar-refractivity contribution in [2.45, 2.75) is 53.9 Å². The molecule has 0 N–H and O–H groups in total. The van der Waals surface area contributed by atoms with E-state index in [1.54, 1.807) is 5.92 Å². The van der Waals surface area contributed by atoms with Crippen molar-refractivity contribution in [1.29, 1.82) is 0 Å². The monoisotopic (exact) mass is 230 g/mol. The van der Waals surface area contributed by atoms with Crippen LogP contribution in [-0.2, 0) is 32.7 Å². The summed E-state index contributed by atoms with van der Waals surface area (Å²) in [5.41, 5.74) is 0.468. The molecule has 0 nitrogen and oxygen atoms in total. The summed E-state index contributed by atoms with van der Waals surface area (Å²) in [5.74, 6) is 1.56. The van der Waals surface area contributed by atoms with Crippen LogP contribution in [0.15, 0.2) is 0 Å². The van der Waals surface area contributed by atoms with Gasteiger partial charge in [-0.15, -0.1) is 0 Å². The second-order valence-corrected chi connectivity index (χ2v) is 3.99. The van der Waals surface area contributed by atoms with Crippen LogP contribution in [0.1, 0.15) is 53.9 Å². The molecule has 0 bridgehead atoms. The molecule has 1 heteroatoms. The molecule has 11 heavy (non-hydrogen) atoms. The summed E-state index contributed by atoms with van der Waals surface area (Å²) in [7, 11) is 0. The van der Waals surface area contributed by atoms with Gasteiger partial charge in [-0.25, -0.2) is 0 Å². The van der Waals surface area contributed by atoms with Gasteiger partial charge in [0.05, 0.1) is 0 Å². The number of unbranched alkanes of at least 4 members (excludes halogenated alkanes) is 1. The molecule has 0 atom stereocenters. The minimum atomic E-state index is 0. The van der Waals surface area contributed by atoms with Crippen LogP contribution < -0.4 is 0 Å². The number of hydrogen-bond donors (Lipinski definition) is 0. The fourth-order valence-corrected chi connectivity index (χ4v) is 0.869. The zero-order valence-electron chi connectivity index (χ0n) is 8.70. The van der Waals surface area contributed by atoms with Crippen molar-refractivity contribution in [3.8, 4) is 0 Å². The maximum atomic E-state index is 2.33. The van der Waals surface area contributed by atoms with E-state index in [0.717, 1.165) is 0 Å². The standard InChI is InChI=1S/C10H21.Y/c1-6-7-8-10(4,5)9(2)3;/h6-8H2,1-5H3;/q-1;. The largest absolute Gasteiger partial charge is 0.314 e. The molecule has 0 fully saturated rings. The zero-order valence-corrected chi connectivity index (χ0v) is 11.5. The third-order valence-corrected chi connectivity index (χ3v) is 2.51. The summed E-state index contributed by atoms with van der Waals surface area (Å²) in [4.78, 5) is 0. The SMILES string of the molecule is CCCCC(C)(C)[C-](C)C.[Y]. The maximum Gasteiger partial charge on any atom is 0 e. The van der Waals surface area contributed by atoms with Gasteiger partial charge < -0.3 is 5.92 Å². The molecule has 0 amide bonds. The van der Waals surface area contributed by atoms with Crippen LogP contribution in [0.4, 0.5) is 0 Å². The molecule has 0 spiro atoms. The van der Waals surface area contributed by atoms with E-state index < -0.39 is 0 Å². The molecule has 0 aliphatic carbocycles. The van der Waals surface area contributed by atoms with Gasteiger partial charge in [0.1, 0.15) is 0 Å². The predicted molar refractivity (Wildman–Crippen MR) is 47.9 cm³/mol. The molecular weight excluding hydrogens is 209 g/mol. The molecule has 0 aromatic rings. The Morgan fingerprint density at radius 1 is 1.18 bits per heavy atom. The Bertz CT molecular complexity index is 84.9.